The van der Waals surface area contributed by atoms with E-state index in [9.17, 15) is 9.59 Å². The maximum atomic E-state index is 12.1. The number of aryl methyl sites for hydroxylation is 1. The number of rotatable bonds is 3. The summed E-state index contributed by atoms with van der Waals surface area (Å²) in [5.74, 6) is -0.453. The van der Waals surface area contributed by atoms with Gasteiger partial charge in [0.2, 0.25) is 5.91 Å². The lowest BCUT2D eigenvalue weighted by Gasteiger charge is -2.25. The van der Waals surface area contributed by atoms with Crippen LogP contribution in [-0.2, 0) is 14.9 Å². The van der Waals surface area contributed by atoms with Crippen molar-refractivity contribution in [2.45, 2.75) is 47.0 Å². The van der Waals surface area contributed by atoms with Crippen molar-refractivity contribution in [2.24, 2.45) is 0 Å². The van der Waals surface area contributed by atoms with Crippen molar-refractivity contribution in [1.82, 2.24) is 4.98 Å². The zero-order valence-electron chi connectivity index (χ0n) is 16.1. The van der Waals surface area contributed by atoms with Crippen molar-refractivity contribution in [3.8, 4) is 0 Å². The second kappa shape index (κ2) is 6.82. The molecule has 2 aromatic rings. The van der Waals surface area contributed by atoms with Gasteiger partial charge in [0.05, 0.1) is 12.1 Å². The Morgan fingerprint density at radius 2 is 1.84 bits per heavy atom. The maximum Gasteiger partial charge on any atom is 0.356 e. The number of amides is 1. The number of anilines is 1. The Bertz CT molecular complexity index is 835. The number of carbonyl (C=O) groups excluding carboxylic acids is 2. The zero-order chi connectivity index (χ0) is 18.9. The number of aromatic nitrogens is 1. The molecule has 5 heteroatoms. The number of fused-ring (bicyclic) bond motifs is 1. The molecule has 0 aliphatic heterocycles. The summed E-state index contributed by atoms with van der Waals surface area (Å²) >= 11 is 0. The summed E-state index contributed by atoms with van der Waals surface area (Å²) in [5, 5.41) is 0.934. The molecule has 0 aliphatic rings. The van der Waals surface area contributed by atoms with Crippen molar-refractivity contribution < 1.29 is 14.3 Å². The summed E-state index contributed by atoms with van der Waals surface area (Å²) in [6.07, 6.45) is 0. The van der Waals surface area contributed by atoms with E-state index in [1.54, 1.807) is 24.9 Å². The van der Waals surface area contributed by atoms with Crippen LogP contribution in [0.5, 0.6) is 0 Å². The monoisotopic (exact) mass is 342 g/mol. The highest BCUT2D eigenvalue weighted by atomic mass is 16.5. The molecule has 0 unspecified atom stereocenters. The van der Waals surface area contributed by atoms with E-state index in [4.69, 9.17) is 4.74 Å². The number of nitrogens with zero attached hydrogens (tertiary/aromatic N) is 2. The predicted octanol–water partition coefficient (Wildman–Crippen LogP) is 4.00. The number of carbonyl (C=O) groups is 2. The summed E-state index contributed by atoms with van der Waals surface area (Å²) in [5.41, 5.74) is 3.62. The molecule has 0 atom stereocenters. The number of hydrogen-bond donors (Lipinski definition) is 0. The van der Waals surface area contributed by atoms with Crippen LogP contribution >= 0.6 is 0 Å². The van der Waals surface area contributed by atoms with Gasteiger partial charge in [0.25, 0.3) is 0 Å². The van der Waals surface area contributed by atoms with Gasteiger partial charge >= 0.3 is 5.97 Å². The molecule has 0 N–H and O–H groups in total. The van der Waals surface area contributed by atoms with Crippen molar-refractivity contribution in [2.75, 3.05) is 18.6 Å². The minimum Gasteiger partial charge on any atom is -0.461 e. The van der Waals surface area contributed by atoms with Gasteiger partial charge in [-0.05, 0) is 48.6 Å². The third-order valence-electron chi connectivity index (χ3n) is 4.26. The third kappa shape index (κ3) is 3.81. The van der Waals surface area contributed by atoms with E-state index in [0.717, 1.165) is 27.7 Å². The molecule has 1 aromatic carbocycles. The molecule has 5 nitrogen and oxygen atoms in total. The average Bonchev–Trinajstić information content (AvgIpc) is 2.52. The Labute approximate surface area is 149 Å². The Balaban J connectivity index is 2.81. The van der Waals surface area contributed by atoms with Crippen molar-refractivity contribution >= 4 is 28.5 Å². The molecule has 1 heterocycles. The van der Waals surface area contributed by atoms with Crippen molar-refractivity contribution in [3.05, 3.63) is 35.0 Å². The SMILES string of the molecule is CCOC(=O)c1cc(C)c2cc(N(C)C(C)=O)cc(C(C)(C)C)c2n1. The van der Waals surface area contributed by atoms with Gasteiger partial charge in [-0.25, -0.2) is 9.78 Å². The number of esters is 1. The summed E-state index contributed by atoms with van der Waals surface area (Å²) in [4.78, 5) is 30.1. The van der Waals surface area contributed by atoms with Gasteiger partial charge in [-0.3, -0.25) is 4.79 Å². The standard InChI is InChI=1S/C20H26N2O3/c1-8-25-19(24)17-9-12(2)15-10-14(22(7)13(3)23)11-16(18(15)21-17)20(4,5)6/h9-11H,8H2,1-7H3. The summed E-state index contributed by atoms with van der Waals surface area (Å²) in [6, 6.07) is 5.67. The van der Waals surface area contributed by atoms with E-state index in [2.05, 4.69) is 25.8 Å². The minimum atomic E-state index is -0.419. The first kappa shape index (κ1) is 18.9. The first-order valence-corrected chi connectivity index (χ1v) is 8.43. The number of ether oxygens (including phenoxy) is 1. The zero-order valence-corrected chi connectivity index (χ0v) is 16.1. The van der Waals surface area contributed by atoms with Crippen LogP contribution in [0.4, 0.5) is 5.69 Å². The highest BCUT2D eigenvalue weighted by Gasteiger charge is 2.23. The number of hydrogen-bond acceptors (Lipinski definition) is 4. The van der Waals surface area contributed by atoms with Gasteiger partial charge in [0.1, 0.15) is 5.69 Å². The molecule has 0 aliphatic carbocycles. The van der Waals surface area contributed by atoms with Crippen LogP contribution < -0.4 is 4.90 Å². The molecule has 0 saturated heterocycles. The fraction of sp³-hybridized carbons (Fsp3) is 0.450. The fourth-order valence-electron chi connectivity index (χ4n) is 2.73. The third-order valence-corrected chi connectivity index (χ3v) is 4.26. The first-order chi connectivity index (χ1) is 11.6. The van der Waals surface area contributed by atoms with Crippen molar-refractivity contribution in [3.63, 3.8) is 0 Å². The Kier molecular flexibility index (Phi) is 5.16. The minimum absolute atomic E-state index is 0.0343. The molecule has 2 rings (SSSR count). The van der Waals surface area contributed by atoms with Gasteiger partial charge in [-0.2, -0.15) is 0 Å². The number of benzene rings is 1. The van der Waals surface area contributed by atoms with Crippen LogP contribution in [0, 0.1) is 6.92 Å². The van der Waals surface area contributed by atoms with E-state index in [0.29, 0.717) is 12.3 Å². The summed E-state index contributed by atoms with van der Waals surface area (Å²) < 4.78 is 5.10. The Hall–Kier alpha value is -2.43. The maximum absolute atomic E-state index is 12.1. The Morgan fingerprint density at radius 1 is 1.20 bits per heavy atom. The molecule has 0 radical (unpaired) electrons. The van der Waals surface area contributed by atoms with E-state index < -0.39 is 5.97 Å². The van der Waals surface area contributed by atoms with Gasteiger partial charge in [-0.15, -0.1) is 0 Å². The molecule has 0 spiro atoms. The van der Waals surface area contributed by atoms with Crippen LogP contribution in [0.2, 0.25) is 0 Å². The lowest BCUT2D eigenvalue weighted by atomic mass is 9.84. The lowest BCUT2D eigenvalue weighted by molar-refractivity contribution is -0.116. The second-order valence-corrected chi connectivity index (χ2v) is 7.26. The molecular weight excluding hydrogens is 316 g/mol. The van der Waals surface area contributed by atoms with E-state index in [-0.39, 0.29) is 11.3 Å². The van der Waals surface area contributed by atoms with Crippen molar-refractivity contribution in [1.29, 1.82) is 0 Å². The first-order valence-electron chi connectivity index (χ1n) is 8.43. The van der Waals surface area contributed by atoms with E-state index in [1.807, 2.05) is 19.1 Å². The normalized spacial score (nSPS) is 11.5. The predicted molar refractivity (Wildman–Crippen MR) is 100 cm³/mol. The molecule has 1 aromatic heterocycles. The van der Waals surface area contributed by atoms with E-state index >= 15 is 0 Å². The molecule has 0 fully saturated rings. The molecule has 1 amide bonds. The summed E-state index contributed by atoms with van der Waals surface area (Å²) in [7, 11) is 1.76. The van der Waals surface area contributed by atoms with Gasteiger partial charge in [-0.1, -0.05) is 20.8 Å². The van der Waals surface area contributed by atoms with Crippen LogP contribution in [-0.4, -0.2) is 30.5 Å². The average molecular weight is 342 g/mol. The van der Waals surface area contributed by atoms with Gasteiger partial charge < -0.3 is 9.64 Å². The molecule has 25 heavy (non-hydrogen) atoms. The highest BCUT2D eigenvalue weighted by Crippen LogP contribution is 2.34. The second-order valence-electron chi connectivity index (χ2n) is 7.26. The molecule has 0 saturated carbocycles. The summed E-state index contributed by atoms with van der Waals surface area (Å²) in [6.45, 7) is 11.8. The smallest absolute Gasteiger partial charge is 0.356 e. The van der Waals surface area contributed by atoms with Crippen LogP contribution in [0.15, 0.2) is 18.2 Å². The molecule has 0 bridgehead atoms. The fourth-order valence-corrected chi connectivity index (χ4v) is 2.73. The molecular formula is C20H26N2O3. The quantitative estimate of drug-likeness (QED) is 0.791. The van der Waals surface area contributed by atoms with Crippen LogP contribution in [0.25, 0.3) is 10.9 Å². The number of pyridine rings is 1. The van der Waals surface area contributed by atoms with Crippen LogP contribution in [0.3, 0.4) is 0 Å². The van der Waals surface area contributed by atoms with Crippen LogP contribution in [0.1, 0.15) is 56.2 Å². The molecule has 134 valence electrons. The Morgan fingerprint density at radius 3 is 2.36 bits per heavy atom. The van der Waals surface area contributed by atoms with E-state index in [1.165, 1.54) is 6.92 Å². The topological polar surface area (TPSA) is 59.5 Å². The van der Waals surface area contributed by atoms with Gasteiger partial charge in [0, 0.05) is 25.0 Å². The lowest BCUT2D eigenvalue weighted by Crippen LogP contribution is -2.24. The highest BCUT2D eigenvalue weighted by molar-refractivity contribution is 5.98. The van der Waals surface area contributed by atoms with Gasteiger partial charge in [0.15, 0.2) is 0 Å². The largest absolute Gasteiger partial charge is 0.461 e.